The van der Waals surface area contributed by atoms with Crippen molar-refractivity contribution in [1.82, 2.24) is 30.2 Å². The lowest BCUT2D eigenvalue weighted by Crippen LogP contribution is -2.38. The molecule has 1 aliphatic heterocycles. The second kappa shape index (κ2) is 8.86. The first-order valence-electron chi connectivity index (χ1n) is 10.1. The highest BCUT2D eigenvalue weighted by atomic mass is 16.2. The third kappa shape index (κ3) is 4.53. The summed E-state index contributed by atoms with van der Waals surface area (Å²) in [7, 11) is 0. The Morgan fingerprint density at radius 1 is 1.20 bits per heavy atom. The van der Waals surface area contributed by atoms with E-state index in [9.17, 15) is 9.59 Å². The highest BCUT2D eigenvalue weighted by Gasteiger charge is 2.30. The maximum absolute atomic E-state index is 12.9. The van der Waals surface area contributed by atoms with Crippen LogP contribution in [0.3, 0.4) is 0 Å². The van der Waals surface area contributed by atoms with Crippen molar-refractivity contribution in [2.45, 2.75) is 38.9 Å². The first-order valence-corrected chi connectivity index (χ1v) is 10.1. The lowest BCUT2D eigenvalue weighted by molar-refractivity contribution is 0.0720. The second-order valence-electron chi connectivity index (χ2n) is 7.47. The van der Waals surface area contributed by atoms with E-state index in [1.807, 2.05) is 48.2 Å². The van der Waals surface area contributed by atoms with E-state index in [0.717, 1.165) is 24.1 Å². The van der Waals surface area contributed by atoms with Crippen molar-refractivity contribution >= 4 is 11.8 Å². The monoisotopic (exact) mass is 404 g/mol. The Morgan fingerprint density at radius 2 is 2.03 bits per heavy atom. The molecular formula is C22H24N6O2. The van der Waals surface area contributed by atoms with Crippen LogP contribution in [0.25, 0.3) is 0 Å². The van der Waals surface area contributed by atoms with Gasteiger partial charge >= 0.3 is 0 Å². The second-order valence-corrected chi connectivity index (χ2v) is 7.47. The number of nitrogens with one attached hydrogen (secondary N) is 1. The fourth-order valence-corrected chi connectivity index (χ4v) is 3.71. The van der Waals surface area contributed by atoms with Gasteiger partial charge in [-0.15, -0.1) is 5.10 Å². The number of carbonyl (C=O) groups excluding carboxylic acids is 2. The van der Waals surface area contributed by atoms with Crippen molar-refractivity contribution in [3.05, 3.63) is 77.4 Å². The van der Waals surface area contributed by atoms with Gasteiger partial charge in [0.15, 0.2) is 5.69 Å². The van der Waals surface area contributed by atoms with Gasteiger partial charge in [0.2, 0.25) is 0 Å². The van der Waals surface area contributed by atoms with Crippen molar-refractivity contribution in [2.75, 3.05) is 6.54 Å². The lowest BCUT2D eigenvalue weighted by Gasteiger charge is -2.24. The summed E-state index contributed by atoms with van der Waals surface area (Å²) in [4.78, 5) is 31.3. The predicted molar refractivity (Wildman–Crippen MR) is 111 cm³/mol. The van der Waals surface area contributed by atoms with Crippen molar-refractivity contribution in [3.63, 3.8) is 0 Å². The number of carbonyl (C=O) groups is 2. The summed E-state index contributed by atoms with van der Waals surface area (Å²) in [5.41, 5.74) is 2.75. The molecule has 4 rings (SSSR count). The van der Waals surface area contributed by atoms with E-state index in [4.69, 9.17) is 0 Å². The lowest BCUT2D eigenvalue weighted by atomic mass is 10.1. The zero-order chi connectivity index (χ0) is 20.9. The molecule has 1 saturated heterocycles. The van der Waals surface area contributed by atoms with Crippen LogP contribution in [-0.2, 0) is 13.1 Å². The number of aromatic nitrogens is 4. The SMILES string of the molecule is Cc1cc(C(=O)N2CCCC2Cn2cc(C(=O)NCc3ccccc3)nn2)ccn1. The molecule has 1 fully saturated rings. The fourth-order valence-electron chi connectivity index (χ4n) is 3.71. The molecule has 8 nitrogen and oxygen atoms in total. The summed E-state index contributed by atoms with van der Waals surface area (Å²) in [5.74, 6) is -0.263. The molecule has 2 amide bonds. The van der Waals surface area contributed by atoms with E-state index >= 15 is 0 Å². The van der Waals surface area contributed by atoms with Crippen LogP contribution in [0.1, 0.15) is 44.9 Å². The van der Waals surface area contributed by atoms with Gasteiger partial charge in [0.25, 0.3) is 11.8 Å². The molecule has 3 aromatic rings. The largest absolute Gasteiger partial charge is 0.347 e. The van der Waals surface area contributed by atoms with Crippen molar-refractivity contribution in [2.24, 2.45) is 0 Å². The summed E-state index contributed by atoms with van der Waals surface area (Å²) in [6, 6.07) is 13.3. The Kier molecular flexibility index (Phi) is 5.83. The molecule has 0 saturated carbocycles. The number of hydrogen-bond donors (Lipinski definition) is 1. The summed E-state index contributed by atoms with van der Waals surface area (Å²) < 4.78 is 1.64. The maximum atomic E-state index is 12.9. The van der Waals surface area contributed by atoms with Crippen LogP contribution in [0.5, 0.6) is 0 Å². The molecule has 1 N–H and O–H groups in total. The van der Waals surface area contributed by atoms with Crippen LogP contribution in [-0.4, -0.2) is 49.3 Å². The van der Waals surface area contributed by atoms with Gasteiger partial charge in [-0.05, 0) is 37.5 Å². The molecule has 30 heavy (non-hydrogen) atoms. The third-order valence-electron chi connectivity index (χ3n) is 5.25. The molecule has 0 bridgehead atoms. The Labute approximate surface area is 174 Å². The quantitative estimate of drug-likeness (QED) is 0.680. The molecular weight excluding hydrogens is 380 g/mol. The number of benzene rings is 1. The van der Waals surface area contributed by atoms with Crippen LogP contribution in [0.2, 0.25) is 0 Å². The highest BCUT2D eigenvalue weighted by molar-refractivity contribution is 5.94. The number of hydrogen-bond acceptors (Lipinski definition) is 5. The molecule has 154 valence electrons. The molecule has 3 heterocycles. The molecule has 0 aliphatic carbocycles. The number of rotatable bonds is 6. The van der Waals surface area contributed by atoms with E-state index in [-0.39, 0.29) is 23.6 Å². The van der Waals surface area contributed by atoms with Crippen molar-refractivity contribution in [3.8, 4) is 0 Å². The molecule has 0 spiro atoms. The zero-order valence-corrected chi connectivity index (χ0v) is 16.9. The van der Waals surface area contributed by atoms with Crippen LogP contribution in [0.4, 0.5) is 0 Å². The Hall–Kier alpha value is -3.55. The number of likely N-dealkylation sites (tertiary alicyclic amines) is 1. The molecule has 0 radical (unpaired) electrons. The smallest absolute Gasteiger partial charge is 0.273 e. The van der Waals surface area contributed by atoms with Crippen LogP contribution in [0.15, 0.2) is 54.9 Å². The van der Waals surface area contributed by atoms with Gasteiger partial charge in [-0.25, -0.2) is 4.68 Å². The zero-order valence-electron chi connectivity index (χ0n) is 16.9. The number of amides is 2. The first-order chi connectivity index (χ1) is 14.6. The van der Waals surface area contributed by atoms with Crippen molar-refractivity contribution < 1.29 is 9.59 Å². The van der Waals surface area contributed by atoms with Gasteiger partial charge in [0.1, 0.15) is 0 Å². The average Bonchev–Trinajstić information content (AvgIpc) is 3.42. The van der Waals surface area contributed by atoms with E-state index in [0.29, 0.717) is 25.2 Å². The van der Waals surface area contributed by atoms with Crippen molar-refractivity contribution in [1.29, 1.82) is 0 Å². The predicted octanol–water partition coefficient (Wildman–Crippen LogP) is 2.22. The molecule has 1 atom stereocenters. The molecule has 1 unspecified atom stereocenters. The standard InChI is InChI=1S/C22H24N6O2/c1-16-12-18(9-10-23-16)22(30)28-11-5-8-19(28)14-27-15-20(25-26-27)21(29)24-13-17-6-3-2-4-7-17/h2-4,6-7,9-10,12,15,19H,5,8,11,13-14H2,1H3,(H,24,29). The molecule has 2 aromatic heterocycles. The van der Waals surface area contributed by atoms with Gasteiger partial charge < -0.3 is 10.2 Å². The molecule has 8 heteroatoms. The number of nitrogens with zero attached hydrogens (tertiary/aromatic N) is 5. The maximum Gasteiger partial charge on any atom is 0.273 e. The normalized spacial score (nSPS) is 15.9. The topological polar surface area (TPSA) is 93.0 Å². The summed E-state index contributed by atoms with van der Waals surface area (Å²) >= 11 is 0. The van der Waals surface area contributed by atoms with E-state index < -0.39 is 0 Å². The number of pyridine rings is 1. The fraction of sp³-hybridized carbons (Fsp3) is 0.318. The third-order valence-corrected chi connectivity index (χ3v) is 5.25. The van der Waals surface area contributed by atoms with Crippen LogP contribution < -0.4 is 5.32 Å². The minimum absolute atomic E-state index is 0.00365. The molecule has 1 aliphatic rings. The van der Waals surface area contributed by atoms with Crippen LogP contribution in [0, 0.1) is 6.92 Å². The van der Waals surface area contributed by atoms with E-state index in [1.54, 1.807) is 23.1 Å². The Morgan fingerprint density at radius 3 is 2.83 bits per heavy atom. The highest BCUT2D eigenvalue weighted by Crippen LogP contribution is 2.21. The average molecular weight is 404 g/mol. The molecule has 1 aromatic carbocycles. The van der Waals surface area contributed by atoms with Crippen LogP contribution >= 0.6 is 0 Å². The first kappa shape index (κ1) is 19.8. The summed E-state index contributed by atoms with van der Waals surface area (Å²) in [6.45, 7) is 3.53. The summed E-state index contributed by atoms with van der Waals surface area (Å²) in [5, 5.41) is 10.9. The minimum atomic E-state index is -0.267. The minimum Gasteiger partial charge on any atom is -0.347 e. The van der Waals surface area contributed by atoms with Gasteiger partial charge in [-0.2, -0.15) is 0 Å². The number of aryl methyl sites for hydroxylation is 1. The van der Waals surface area contributed by atoms with E-state index in [2.05, 4.69) is 20.6 Å². The Bertz CT molecular complexity index is 1030. The Balaban J connectivity index is 1.37. The van der Waals surface area contributed by atoms with Gasteiger partial charge in [0.05, 0.1) is 18.8 Å². The van der Waals surface area contributed by atoms with E-state index in [1.165, 1.54) is 0 Å². The van der Waals surface area contributed by atoms with Gasteiger partial charge in [-0.1, -0.05) is 35.5 Å². The van der Waals surface area contributed by atoms with Gasteiger partial charge in [0, 0.05) is 30.5 Å². The van der Waals surface area contributed by atoms with Gasteiger partial charge in [-0.3, -0.25) is 14.6 Å². The summed E-state index contributed by atoms with van der Waals surface area (Å²) in [6.07, 6.45) is 5.13.